The van der Waals surface area contributed by atoms with E-state index in [-0.39, 0.29) is 5.91 Å². The van der Waals surface area contributed by atoms with Gasteiger partial charge in [-0.25, -0.2) is 4.98 Å². The largest absolute Gasteiger partial charge is 0.453 e. The highest BCUT2D eigenvalue weighted by atomic mass is 35.5. The summed E-state index contributed by atoms with van der Waals surface area (Å²) >= 11 is 6.07. The second-order valence-corrected chi connectivity index (χ2v) is 6.44. The van der Waals surface area contributed by atoms with Crippen LogP contribution in [-0.4, -0.2) is 15.9 Å². The molecule has 0 atom stereocenters. The molecular formula is C21H16ClN3O3. The van der Waals surface area contributed by atoms with Crippen LogP contribution in [0.3, 0.4) is 0 Å². The highest BCUT2D eigenvalue weighted by molar-refractivity contribution is 6.30. The number of amides is 1. The average Bonchev–Trinajstić information content (AvgIpc) is 3.15. The maximum Gasteiger partial charge on any atom is 0.227 e. The molecule has 140 valence electrons. The lowest BCUT2D eigenvalue weighted by Gasteiger charge is -2.12. The fourth-order valence-corrected chi connectivity index (χ4v) is 2.86. The number of carbonyl (C=O) groups is 1. The highest BCUT2D eigenvalue weighted by Gasteiger charge is 2.18. The van der Waals surface area contributed by atoms with Crippen molar-refractivity contribution in [2.75, 3.05) is 5.32 Å². The van der Waals surface area contributed by atoms with Crippen LogP contribution in [0.4, 0.5) is 5.69 Å². The Balaban J connectivity index is 1.84. The number of pyridine rings is 1. The fraction of sp³-hybridized carbons (Fsp3) is 0.0952. The van der Waals surface area contributed by atoms with E-state index in [1.54, 1.807) is 55.7 Å². The van der Waals surface area contributed by atoms with E-state index in [1.807, 2.05) is 12.1 Å². The number of nitrogens with one attached hydrogen (secondary N) is 1. The molecule has 4 aromatic rings. The molecule has 7 heteroatoms. The van der Waals surface area contributed by atoms with Crippen molar-refractivity contribution in [1.29, 1.82) is 0 Å². The van der Waals surface area contributed by atoms with Gasteiger partial charge in [0.1, 0.15) is 5.75 Å². The zero-order valence-corrected chi connectivity index (χ0v) is 15.7. The van der Waals surface area contributed by atoms with Crippen molar-refractivity contribution in [2.45, 2.75) is 13.3 Å². The maximum absolute atomic E-state index is 12.0. The van der Waals surface area contributed by atoms with E-state index in [9.17, 15) is 4.79 Å². The van der Waals surface area contributed by atoms with E-state index in [4.69, 9.17) is 20.8 Å². The number of rotatable bonds is 5. The van der Waals surface area contributed by atoms with E-state index in [1.165, 1.54) is 0 Å². The third-order valence-corrected chi connectivity index (χ3v) is 4.29. The van der Waals surface area contributed by atoms with Gasteiger partial charge in [-0.05, 0) is 42.5 Å². The van der Waals surface area contributed by atoms with Crippen molar-refractivity contribution in [3.05, 3.63) is 65.9 Å². The summed E-state index contributed by atoms with van der Waals surface area (Å²) in [5.41, 5.74) is 2.34. The number of nitrogens with zero attached hydrogens (tertiary/aromatic N) is 2. The zero-order valence-electron chi connectivity index (χ0n) is 15.0. The number of oxazole rings is 1. The van der Waals surface area contributed by atoms with Gasteiger partial charge in [-0.15, -0.1) is 0 Å². The van der Waals surface area contributed by atoms with Gasteiger partial charge in [-0.2, -0.15) is 0 Å². The molecule has 0 radical (unpaired) electrons. The zero-order chi connectivity index (χ0) is 19.5. The Kier molecular flexibility index (Phi) is 4.95. The minimum Gasteiger partial charge on any atom is -0.453 e. The van der Waals surface area contributed by atoms with Gasteiger partial charge >= 0.3 is 0 Å². The van der Waals surface area contributed by atoms with Crippen LogP contribution in [0.25, 0.3) is 22.6 Å². The number of ether oxygens (including phenoxy) is 1. The number of fused-ring (bicyclic) bond motifs is 1. The molecule has 0 aliphatic heterocycles. The van der Waals surface area contributed by atoms with Crippen molar-refractivity contribution in [3.8, 4) is 23.0 Å². The molecule has 28 heavy (non-hydrogen) atoms. The Morgan fingerprint density at radius 3 is 2.75 bits per heavy atom. The summed E-state index contributed by atoms with van der Waals surface area (Å²) in [5.74, 6) is 1.23. The highest BCUT2D eigenvalue weighted by Crippen LogP contribution is 2.39. The number of carbonyl (C=O) groups excluding carboxylic acids is 1. The van der Waals surface area contributed by atoms with Gasteiger partial charge in [-0.1, -0.05) is 24.6 Å². The van der Waals surface area contributed by atoms with E-state index >= 15 is 0 Å². The number of hydrogen-bond donors (Lipinski definition) is 1. The molecule has 2 aromatic heterocycles. The summed E-state index contributed by atoms with van der Waals surface area (Å²) in [6.45, 7) is 1.78. The number of halogens is 1. The molecule has 0 spiro atoms. The Hall–Kier alpha value is -3.38. The summed E-state index contributed by atoms with van der Waals surface area (Å²) in [6, 6.07) is 14.1. The van der Waals surface area contributed by atoms with Crippen LogP contribution in [0, 0.1) is 0 Å². The Labute approximate surface area is 166 Å². The Morgan fingerprint density at radius 1 is 1.18 bits per heavy atom. The first-order valence-electron chi connectivity index (χ1n) is 8.71. The van der Waals surface area contributed by atoms with Gasteiger partial charge in [0.25, 0.3) is 0 Å². The van der Waals surface area contributed by atoms with Crippen LogP contribution >= 0.6 is 11.6 Å². The summed E-state index contributed by atoms with van der Waals surface area (Å²) in [6.07, 6.45) is 3.68. The molecule has 0 aliphatic rings. The molecule has 2 aromatic carbocycles. The molecule has 1 N–H and O–H groups in total. The topological polar surface area (TPSA) is 77.3 Å². The first-order valence-corrected chi connectivity index (χ1v) is 9.09. The van der Waals surface area contributed by atoms with Crippen molar-refractivity contribution < 1.29 is 13.9 Å². The fourth-order valence-electron chi connectivity index (χ4n) is 2.68. The predicted octanol–water partition coefficient (Wildman–Crippen LogP) is 5.68. The second-order valence-electron chi connectivity index (χ2n) is 6.01. The summed E-state index contributed by atoms with van der Waals surface area (Å²) < 4.78 is 11.9. The summed E-state index contributed by atoms with van der Waals surface area (Å²) in [4.78, 5) is 20.6. The molecule has 4 rings (SSSR count). The molecule has 0 aliphatic carbocycles. The predicted molar refractivity (Wildman–Crippen MR) is 108 cm³/mol. The standard InChI is InChI=1S/C21H16ClN3O3/c1-2-18(26)24-16-6-7-17-19(20(16)27-15-5-3-4-14(22)12-15)25-21(28-17)13-8-10-23-11-9-13/h3-12H,2H2,1H3,(H,24,26). The lowest BCUT2D eigenvalue weighted by atomic mass is 10.2. The normalized spacial score (nSPS) is 10.8. The van der Waals surface area contributed by atoms with E-state index in [2.05, 4.69) is 15.3 Å². The van der Waals surface area contributed by atoms with Gasteiger partial charge in [0.15, 0.2) is 16.8 Å². The third kappa shape index (κ3) is 3.68. The van der Waals surface area contributed by atoms with E-state index < -0.39 is 0 Å². The minimum absolute atomic E-state index is 0.131. The first-order chi connectivity index (χ1) is 13.6. The molecule has 0 bridgehead atoms. The van der Waals surface area contributed by atoms with Crippen molar-refractivity contribution >= 4 is 34.3 Å². The maximum atomic E-state index is 12.0. The molecule has 0 saturated carbocycles. The molecule has 0 unspecified atom stereocenters. The van der Waals surface area contributed by atoms with Crippen LogP contribution in [0.15, 0.2) is 65.3 Å². The Bertz CT molecular complexity index is 1140. The molecular weight excluding hydrogens is 378 g/mol. The van der Waals surface area contributed by atoms with Gasteiger partial charge in [0, 0.05) is 29.4 Å². The van der Waals surface area contributed by atoms with Crippen LogP contribution in [0.1, 0.15) is 13.3 Å². The lowest BCUT2D eigenvalue weighted by molar-refractivity contribution is -0.115. The van der Waals surface area contributed by atoms with E-state index in [0.29, 0.717) is 45.6 Å². The molecule has 6 nitrogen and oxygen atoms in total. The summed E-state index contributed by atoms with van der Waals surface area (Å²) in [5, 5.41) is 3.39. The quantitative estimate of drug-likeness (QED) is 0.471. The number of benzene rings is 2. The molecule has 1 amide bonds. The minimum atomic E-state index is -0.131. The van der Waals surface area contributed by atoms with Gasteiger partial charge in [-0.3, -0.25) is 9.78 Å². The monoisotopic (exact) mass is 393 g/mol. The van der Waals surface area contributed by atoms with Crippen LogP contribution in [0.2, 0.25) is 5.02 Å². The molecule has 0 fully saturated rings. The molecule has 0 saturated heterocycles. The van der Waals surface area contributed by atoms with Gasteiger partial charge in [0.2, 0.25) is 11.8 Å². The number of anilines is 1. The SMILES string of the molecule is CCC(=O)Nc1ccc2oc(-c3ccncc3)nc2c1Oc1cccc(Cl)c1. The summed E-state index contributed by atoms with van der Waals surface area (Å²) in [7, 11) is 0. The number of hydrogen-bond acceptors (Lipinski definition) is 5. The first kappa shape index (κ1) is 18.0. The smallest absolute Gasteiger partial charge is 0.227 e. The van der Waals surface area contributed by atoms with Crippen LogP contribution in [-0.2, 0) is 4.79 Å². The average molecular weight is 394 g/mol. The van der Waals surface area contributed by atoms with E-state index in [0.717, 1.165) is 5.56 Å². The van der Waals surface area contributed by atoms with Crippen molar-refractivity contribution in [3.63, 3.8) is 0 Å². The van der Waals surface area contributed by atoms with Crippen molar-refractivity contribution in [2.24, 2.45) is 0 Å². The van der Waals surface area contributed by atoms with Gasteiger partial charge < -0.3 is 14.5 Å². The number of aromatic nitrogens is 2. The van der Waals surface area contributed by atoms with Crippen LogP contribution in [0.5, 0.6) is 11.5 Å². The molecule has 2 heterocycles. The Morgan fingerprint density at radius 2 is 2.00 bits per heavy atom. The second kappa shape index (κ2) is 7.70. The van der Waals surface area contributed by atoms with Crippen LogP contribution < -0.4 is 10.1 Å². The van der Waals surface area contributed by atoms with Gasteiger partial charge in [0.05, 0.1) is 5.69 Å². The third-order valence-electron chi connectivity index (χ3n) is 4.05. The lowest BCUT2D eigenvalue weighted by Crippen LogP contribution is -2.10. The van der Waals surface area contributed by atoms with Crippen molar-refractivity contribution in [1.82, 2.24) is 9.97 Å².